The maximum Gasteiger partial charge on any atom is 0.472 e. The normalized spacial score (nSPS) is 14.4. The van der Waals surface area contributed by atoms with Crippen molar-refractivity contribution in [2.75, 3.05) is 39.6 Å². The maximum atomic E-state index is 13.1. The zero-order valence-corrected chi connectivity index (χ0v) is 63.9. The number of phosphoric ester groups is 2. The minimum atomic E-state index is -4.96. The molecule has 0 spiro atoms. The van der Waals surface area contributed by atoms with Crippen molar-refractivity contribution < 1.29 is 80.2 Å². The molecule has 564 valence electrons. The third-order valence-corrected chi connectivity index (χ3v) is 19.9. The molecule has 0 fully saturated rings. The van der Waals surface area contributed by atoms with E-state index in [1.807, 2.05) is 0 Å². The Morgan fingerprint density at radius 1 is 0.305 bits per heavy atom. The first-order valence-corrected chi connectivity index (χ1v) is 42.4. The van der Waals surface area contributed by atoms with Crippen molar-refractivity contribution in [3.63, 3.8) is 0 Å². The van der Waals surface area contributed by atoms with Crippen LogP contribution in [0.3, 0.4) is 0 Å². The van der Waals surface area contributed by atoms with Crippen LogP contribution in [0.2, 0.25) is 0 Å². The largest absolute Gasteiger partial charge is 0.472 e. The van der Waals surface area contributed by atoms with Gasteiger partial charge in [0.2, 0.25) is 0 Å². The predicted octanol–water partition coefficient (Wildman–Crippen LogP) is 22.2. The van der Waals surface area contributed by atoms with Crippen LogP contribution in [0.15, 0.2) is 0 Å². The van der Waals surface area contributed by atoms with Gasteiger partial charge in [-0.3, -0.25) is 37.3 Å². The lowest BCUT2D eigenvalue weighted by Crippen LogP contribution is -2.30. The van der Waals surface area contributed by atoms with Crippen molar-refractivity contribution in [3.8, 4) is 0 Å². The first-order chi connectivity index (χ1) is 45.8. The summed E-state index contributed by atoms with van der Waals surface area (Å²) in [6.45, 7) is 11.9. The molecular weight excluding hydrogens is 1250 g/mol. The number of ether oxygens (including phenoxy) is 4. The molecule has 95 heavy (non-hydrogen) atoms. The van der Waals surface area contributed by atoms with Gasteiger partial charge in [0.15, 0.2) is 12.2 Å². The van der Waals surface area contributed by atoms with Crippen LogP contribution in [-0.2, 0) is 65.4 Å². The van der Waals surface area contributed by atoms with E-state index in [2.05, 4.69) is 48.5 Å². The molecule has 6 atom stereocenters. The van der Waals surface area contributed by atoms with Crippen molar-refractivity contribution in [3.05, 3.63) is 0 Å². The molecule has 0 aromatic rings. The molecule has 0 aliphatic heterocycles. The molecule has 0 saturated carbocycles. The average Bonchev–Trinajstić information content (AvgIpc) is 1.68. The van der Waals surface area contributed by atoms with Gasteiger partial charge in [0.25, 0.3) is 0 Å². The zero-order valence-electron chi connectivity index (χ0n) is 62.1. The molecule has 0 aromatic heterocycles. The average molecular weight is 1400 g/mol. The fourth-order valence-corrected chi connectivity index (χ4v) is 13.1. The van der Waals surface area contributed by atoms with E-state index in [4.69, 9.17) is 37.0 Å². The second kappa shape index (κ2) is 66.6. The highest BCUT2D eigenvalue weighted by Crippen LogP contribution is 2.45. The Morgan fingerprint density at radius 2 is 0.537 bits per heavy atom. The van der Waals surface area contributed by atoms with Gasteiger partial charge >= 0.3 is 39.5 Å². The quantitative estimate of drug-likeness (QED) is 0.0222. The monoisotopic (exact) mass is 1400 g/mol. The van der Waals surface area contributed by atoms with Gasteiger partial charge in [-0.2, -0.15) is 0 Å². The summed E-state index contributed by atoms with van der Waals surface area (Å²) in [6, 6.07) is 0. The lowest BCUT2D eigenvalue weighted by Gasteiger charge is -2.21. The van der Waals surface area contributed by atoms with Gasteiger partial charge < -0.3 is 33.8 Å². The maximum absolute atomic E-state index is 13.1. The van der Waals surface area contributed by atoms with Crippen LogP contribution in [0.25, 0.3) is 0 Å². The third-order valence-electron chi connectivity index (χ3n) is 18.0. The molecule has 0 radical (unpaired) electrons. The van der Waals surface area contributed by atoms with Crippen molar-refractivity contribution in [2.24, 2.45) is 17.8 Å². The third kappa shape index (κ3) is 69.0. The first kappa shape index (κ1) is 93.1. The van der Waals surface area contributed by atoms with Crippen LogP contribution < -0.4 is 0 Å². The summed E-state index contributed by atoms with van der Waals surface area (Å²) >= 11 is 0. The molecule has 3 N–H and O–H groups in total. The SMILES string of the molecule is CCCCCCCCCCCCC(=O)OC[C@H](COP(=O)(O)OC[C@H](O)COP(=O)(O)OC[C@@H](COC(=O)CCCCCCCCCCCCCC(C)C)OC(=O)CCCCCCCCCCCCCCCCC(C)C)OC(=O)CCCCCCCCCCCCC(C)CC. The van der Waals surface area contributed by atoms with E-state index in [0.717, 1.165) is 108 Å². The molecule has 17 nitrogen and oxygen atoms in total. The van der Waals surface area contributed by atoms with E-state index in [1.165, 1.54) is 199 Å². The van der Waals surface area contributed by atoms with Crippen LogP contribution in [-0.4, -0.2) is 96.7 Å². The van der Waals surface area contributed by atoms with E-state index in [-0.39, 0.29) is 25.7 Å². The highest BCUT2D eigenvalue weighted by molar-refractivity contribution is 7.47. The Balaban J connectivity index is 5.26. The van der Waals surface area contributed by atoms with Gasteiger partial charge in [0, 0.05) is 25.7 Å². The number of hydrogen-bond acceptors (Lipinski definition) is 15. The fourth-order valence-electron chi connectivity index (χ4n) is 11.6. The number of aliphatic hydroxyl groups is 1. The molecule has 0 saturated heterocycles. The summed E-state index contributed by atoms with van der Waals surface area (Å²) in [4.78, 5) is 72.8. The molecular formula is C76H148O17P2. The predicted molar refractivity (Wildman–Crippen MR) is 386 cm³/mol. The molecule has 0 amide bonds. The summed E-state index contributed by atoms with van der Waals surface area (Å²) in [5.74, 6) is 0.252. The molecule has 0 bridgehead atoms. The van der Waals surface area contributed by atoms with Crippen LogP contribution in [0.1, 0.15) is 389 Å². The van der Waals surface area contributed by atoms with Crippen LogP contribution in [0.5, 0.6) is 0 Å². The lowest BCUT2D eigenvalue weighted by atomic mass is 9.99. The fraction of sp³-hybridized carbons (Fsp3) is 0.947. The second-order valence-corrected chi connectivity index (χ2v) is 31.5. The van der Waals surface area contributed by atoms with E-state index < -0.39 is 97.5 Å². The minimum Gasteiger partial charge on any atom is -0.462 e. The summed E-state index contributed by atoms with van der Waals surface area (Å²) in [6.07, 6.45) is 52.5. The molecule has 0 aromatic carbocycles. The Labute approximate surface area is 581 Å². The van der Waals surface area contributed by atoms with Crippen LogP contribution in [0, 0.1) is 17.8 Å². The van der Waals surface area contributed by atoms with Gasteiger partial charge in [0.1, 0.15) is 19.3 Å². The second-order valence-electron chi connectivity index (χ2n) is 28.6. The Kier molecular flexibility index (Phi) is 65.2. The van der Waals surface area contributed by atoms with Crippen LogP contribution >= 0.6 is 15.6 Å². The number of rotatable bonds is 74. The Morgan fingerprint density at radius 3 is 0.800 bits per heavy atom. The number of aliphatic hydroxyl groups excluding tert-OH is 1. The highest BCUT2D eigenvalue weighted by Gasteiger charge is 2.30. The van der Waals surface area contributed by atoms with Crippen molar-refractivity contribution in [1.82, 2.24) is 0 Å². The van der Waals surface area contributed by atoms with Crippen molar-refractivity contribution in [1.29, 1.82) is 0 Å². The first-order valence-electron chi connectivity index (χ1n) is 39.4. The van der Waals surface area contributed by atoms with Gasteiger partial charge in [-0.25, -0.2) is 9.13 Å². The number of phosphoric acid groups is 2. The zero-order chi connectivity index (χ0) is 70.1. The molecule has 0 rings (SSSR count). The van der Waals surface area contributed by atoms with Gasteiger partial charge in [-0.05, 0) is 43.4 Å². The number of hydrogen-bond donors (Lipinski definition) is 3. The summed E-state index contributed by atoms with van der Waals surface area (Å²) in [5.41, 5.74) is 0. The number of carbonyl (C=O) groups is 4. The Bertz CT molecular complexity index is 1850. The number of unbranched alkanes of at least 4 members (excludes halogenated alkanes) is 41. The standard InChI is InChI=1S/C76H148O17P2/c1-8-10-11-12-13-14-29-36-43-50-57-73(78)86-63-71(93-76(81)60-53-46-39-32-25-24-28-35-42-49-56-69(7)9-2)65-90-94(82,83)88-61-70(77)62-89-95(84,85)91-66-72(64-87-74(79)58-51-44-37-30-23-19-21-27-34-41-48-55-68(5)6)92-75(80)59-52-45-38-31-22-18-16-15-17-20-26-33-40-47-54-67(3)4/h67-72,77H,8-66H2,1-7H3,(H,82,83)(H,84,85)/t69?,70-,71+,72+/m0/s1. The molecule has 0 aliphatic carbocycles. The van der Waals surface area contributed by atoms with Gasteiger partial charge in [0.05, 0.1) is 26.4 Å². The Hall–Kier alpha value is -1.94. The summed E-state index contributed by atoms with van der Waals surface area (Å²) in [7, 11) is -9.91. The molecule has 0 heterocycles. The number of carbonyl (C=O) groups excluding carboxylic acids is 4. The van der Waals surface area contributed by atoms with E-state index in [9.17, 15) is 43.2 Å². The number of esters is 4. The van der Waals surface area contributed by atoms with E-state index in [1.54, 1.807) is 0 Å². The summed E-state index contributed by atoms with van der Waals surface area (Å²) < 4.78 is 68.5. The van der Waals surface area contributed by atoms with E-state index >= 15 is 0 Å². The molecule has 3 unspecified atom stereocenters. The molecule has 19 heteroatoms. The van der Waals surface area contributed by atoms with Gasteiger partial charge in [-0.1, -0.05) is 337 Å². The highest BCUT2D eigenvalue weighted by atomic mass is 31.2. The minimum absolute atomic E-state index is 0.106. The van der Waals surface area contributed by atoms with Gasteiger partial charge in [-0.15, -0.1) is 0 Å². The summed E-state index contributed by atoms with van der Waals surface area (Å²) in [5, 5.41) is 10.6. The van der Waals surface area contributed by atoms with Crippen LogP contribution in [0.4, 0.5) is 0 Å². The molecule has 0 aliphatic rings. The van der Waals surface area contributed by atoms with Crippen molar-refractivity contribution >= 4 is 39.5 Å². The smallest absolute Gasteiger partial charge is 0.462 e. The van der Waals surface area contributed by atoms with Crippen molar-refractivity contribution in [2.45, 2.75) is 407 Å². The lowest BCUT2D eigenvalue weighted by molar-refractivity contribution is -0.161. The van der Waals surface area contributed by atoms with E-state index in [0.29, 0.717) is 25.7 Å². The topological polar surface area (TPSA) is 237 Å².